The molecule has 2 aliphatic rings. The van der Waals surface area contributed by atoms with Gasteiger partial charge in [0.1, 0.15) is 5.60 Å². The van der Waals surface area contributed by atoms with Crippen molar-refractivity contribution < 1.29 is 23.8 Å². The Morgan fingerprint density at radius 1 is 1.05 bits per heavy atom. The van der Waals surface area contributed by atoms with E-state index < -0.39 is 11.7 Å². The fraction of sp³-hybridized carbons (Fsp3) is 0.290. The van der Waals surface area contributed by atoms with Crippen LogP contribution in [-0.4, -0.2) is 42.4 Å². The number of amides is 2. The molecule has 0 spiro atoms. The summed E-state index contributed by atoms with van der Waals surface area (Å²) in [5, 5.41) is 7.67. The van der Waals surface area contributed by atoms with Crippen LogP contribution in [0.2, 0.25) is 0 Å². The third-order valence-corrected chi connectivity index (χ3v) is 7.24. The van der Waals surface area contributed by atoms with Gasteiger partial charge in [-0.1, -0.05) is 35.9 Å². The van der Waals surface area contributed by atoms with Gasteiger partial charge in [0.15, 0.2) is 11.5 Å². The molecule has 9 heteroatoms. The van der Waals surface area contributed by atoms with Crippen LogP contribution >= 0.6 is 11.3 Å². The zero-order valence-electron chi connectivity index (χ0n) is 22.9. The summed E-state index contributed by atoms with van der Waals surface area (Å²) in [7, 11) is 0. The highest BCUT2D eigenvalue weighted by Crippen LogP contribution is 2.34. The number of anilines is 2. The van der Waals surface area contributed by atoms with Crippen molar-refractivity contribution in [1.82, 2.24) is 4.90 Å². The quantitative estimate of drug-likeness (QED) is 0.309. The lowest BCUT2D eigenvalue weighted by molar-refractivity contribution is -0.111. The van der Waals surface area contributed by atoms with Crippen molar-refractivity contribution in [2.75, 3.05) is 30.5 Å². The van der Waals surface area contributed by atoms with Crippen LogP contribution in [0.15, 0.2) is 77.7 Å². The molecule has 2 amide bonds. The Kier molecular flexibility index (Phi) is 8.23. The first-order valence-corrected chi connectivity index (χ1v) is 14.1. The predicted molar refractivity (Wildman–Crippen MR) is 158 cm³/mol. The largest absolute Gasteiger partial charge is 0.454 e. The summed E-state index contributed by atoms with van der Waals surface area (Å²) < 4.78 is 16.3. The Hall–Kier alpha value is -4.08. The molecule has 2 aliphatic heterocycles. The average Bonchev–Trinajstić information content (AvgIpc) is 3.66. The number of nitrogens with one attached hydrogen (secondary N) is 2. The topological polar surface area (TPSA) is 89.1 Å². The Labute approximate surface area is 238 Å². The van der Waals surface area contributed by atoms with Crippen molar-refractivity contribution >= 4 is 34.7 Å². The standard InChI is InChI=1S/C31H33N3O5S/c1-31(2,3)39-30(36)33-24-11-10-23(28-7-5-15-40-28)17-25(24)32-29(35)8-4-6-21-13-14-34(18-21)19-22-9-12-26-27(16-22)38-20-37-26/h4-12,15-17H,13-14,18-20H2,1-3H3,(H,32,35)(H,33,36)/b8-4+,21-6+. The molecule has 40 heavy (non-hydrogen) atoms. The van der Waals surface area contributed by atoms with Crippen molar-refractivity contribution in [2.24, 2.45) is 0 Å². The molecule has 2 N–H and O–H groups in total. The maximum atomic E-state index is 12.8. The van der Waals surface area contributed by atoms with Gasteiger partial charge in [-0.2, -0.15) is 0 Å². The van der Waals surface area contributed by atoms with E-state index in [0.717, 1.165) is 48.0 Å². The van der Waals surface area contributed by atoms with E-state index in [1.807, 2.05) is 47.9 Å². The normalized spacial score (nSPS) is 16.0. The lowest BCUT2D eigenvalue weighted by Crippen LogP contribution is -2.27. The lowest BCUT2D eigenvalue weighted by atomic mass is 10.1. The Morgan fingerprint density at radius 3 is 2.70 bits per heavy atom. The van der Waals surface area contributed by atoms with E-state index >= 15 is 0 Å². The molecule has 1 fully saturated rings. The van der Waals surface area contributed by atoms with E-state index in [-0.39, 0.29) is 12.7 Å². The summed E-state index contributed by atoms with van der Waals surface area (Å²) >= 11 is 1.60. The number of carbonyl (C=O) groups excluding carboxylic acids is 2. The molecular weight excluding hydrogens is 526 g/mol. The number of hydrogen-bond donors (Lipinski definition) is 2. The van der Waals surface area contributed by atoms with Crippen LogP contribution in [0.5, 0.6) is 11.5 Å². The highest BCUT2D eigenvalue weighted by molar-refractivity contribution is 7.13. The first kappa shape index (κ1) is 27.5. The monoisotopic (exact) mass is 559 g/mol. The molecule has 0 aliphatic carbocycles. The van der Waals surface area contributed by atoms with Crippen LogP contribution in [0.25, 0.3) is 10.4 Å². The lowest BCUT2D eigenvalue weighted by Gasteiger charge is -2.20. The number of benzene rings is 2. The Balaban J connectivity index is 1.21. The minimum atomic E-state index is -0.638. The molecular formula is C31H33N3O5S. The van der Waals surface area contributed by atoms with Gasteiger partial charge in [0, 0.05) is 30.6 Å². The number of likely N-dealkylation sites (tertiary alicyclic amines) is 1. The zero-order valence-corrected chi connectivity index (χ0v) is 23.7. The first-order valence-electron chi connectivity index (χ1n) is 13.2. The highest BCUT2D eigenvalue weighted by atomic mass is 32.1. The molecule has 0 saturated carbocycles. The smallest absolute Gasteiger partial charge is 0.412 e. The van der Waals surface area contributed by atoms with Crippen molar-refractivity contribution in [3.05, 3.63) is 83.3 Å². The molecule has 3 heterocycles. The fourth-order valence-electron chi connectivity index (χ4n) is 4.53. The van der Waals surface area contributed by atoms with Gasteiger partial charge < -0.3 is 19.5 Å². The van der Waals surface area contributed by atoms with Gasteiger partial charge in [0.05, 0.1) is 11.4 Å². The first-order chi connectivity index (χ1) is 19.2. The molecule has 0 radical (unpaired) electrons. The van der Waals surface area contributed by atoms with Crippen LogP contribution in [0.4, 0.5) is 16.2 Å². The maximum Gasteiger partial charge on any atom is 0.412 e. The molecule has 3 aromatic rings. The van der Waals surface area contributed by atoms with Crippen molar-refractivity contribution in [3.8, 4) is 21.9 Å². The van der Waals surface area contributed by atoms with E-state index in [1.165, 1.54) is 17.2 Å². The number of hydrogen-bond acceptors (Lipinski definition) is 7. The summed E-state index contributed by atoms with van der Waals surface area (Å²) in [6.45, 7) is 8.30. The molecule has 1 saturated heterocycles. The highest BCUT2D eigenvalue weighted by Gasteiger charge is 2.20. The number of thiophene rings is 1. The molecule has 1 aromatic heterocycles. The van der Waals surface area contributed by atoms with E-state index in [0.29, 0.717) is 11.4 Å². The summed E-state index contributed by atoms with van der Waals surface area (Å²) in [6.07, 6.45) is 5.64. The van der Waals surface area contributed by atoms with Crippen LogP contribution in [0, 0.1) is 0 Å². The molecule has 2 aromatic carbocycles. The van der Waals surface area contributed by atoms with Crippen LogP contribution < -0.4 is 20.1 Å². The molecule has 0 unspecified atom stereocenters. The Morgan fingerprint density at radius 2 is 1.90 bits per heavy atom. The second kappa shape index (κ2) is 12.0. The van der Waals surface area contributed by atoms with E-state index in [2.05, 4.69) is 21.6 Å². The molecule has 0 bridgehead atoms. The number of ether oxygens (including phenoxy) is 3. The van der Waals surface area contributed by atoms with Gasteiger partial charge in [-0.15, -0.1) is 11.3 Å². The molecule has 0 atom stereocenters. The number of rotatable bonds is 7. The van der Waals surface area contributed by atoms with Gasteiger partial charge in [0.2, 0.25) is 12.7 Å². The molecule has 8 nitrogen and oxygen atoms in total. The summed E-state index contributed by atoms with van der Waals surface area (Å²) in [5.74, 6) is 1.30. The average molecular weight is 560 g/mol. The van der Waals surface area contributed by atoms with Crippen molar-refractivity contribution in [2.45, 2.75) is 39.3 Å². The van der Waals surface area contributed by atoms with Crippen LogP contribution in [0.1, 0.15) is 32.8 Å². The van der Waals surface area contributed by atoms with Crippen LogP contribution in [-0.2, 0) is 16.1 Å². The molecule has 5 rings (SSSR count). The second-order valence-electron chi connectivity index (χ2n) is 10.7. The fourth-order valence-corrected chi connectivity index (χ4v) is 5.25. The van der Waals surface area contributed by atoms with Gasteiger partial charge >= 0.3 is 6.09 Å². The third-order valence-electron chi connectivity index (χ3n) is 6.32. The van der Waals surface area contributed by atoms with Crippen molar-refractivity contribution in [3.63, 3.8) is 0 Å². The second-order valence-corrected chi connectivity index (χ2v) is 11.6. The van der Waals surface area contributed by atoms with Gasteiger partial charge in [-0.25, -0.2) is 4.79 Å². The van der Waals surface area contributed by atoms with Gasteiger partial charge in [-0.3, -0.25) is 15.0 Å². The van der Waals surface area contributed by atoms with Gasteiger partial charge in [-0.05, 0) is 74.0 Å². The Bertz CT molecular complexity index is 1440. The van der Waals surface area contributed by atoms with E-state index in [9.17, 15) is 9.59 Å². The minimum Gasteiger partial charge on any atom is -0.454 e. The maximum absolute atomic E-state index is 12.8. The SMILES string of the molecule is CC(C)(C)OC(=O)Nc1ccc(-c2cccs2)cc1NC(=O)/C=C/C=C1\CCN(Cc2ccc3c(c2)OCO3)C1. The number of fused-ring (bicyclic) bond motifs is 1. The van der Waals surface area contributed by atoms with Crippen LogP contribution in [0.3, 0.4) is 0 Å². The number of carbonyl (C=O) groups is 2. The number of nitrogens with zero attached hydrogens (tertiary/aromatic N) is 1. The minimum absolute atomic E-state index is 0.275. The summed E-state index contributed by atoms with van der Waals surface area (Å²) in [6, 6.07) is 15.6. The third kappa shape index (κ3) is 7.31. The van der Waals surface area contributed by atoms with Gasteiger partial charge in [0.25, 0.3) is 0 Å². The summed E-state index contributed by atoms with van der Waals surface area (Å²) in [4.78, 5) is 28.7. The molecule has 208 valence electrons. The van der Waals surface area contributed by atoms with E-state index in [1.54, 1.807) is 44.3 Å². The predicted octanol–water partition coefficient (Wildman–Crippen LogP) is 6.82. The number of allylic oxidation sites excluding steroid dienone is 2. The zero-order chi connectivity index (χ0) is 28.1. The van der Waals surface area contributed by atoms with E-state index in [4.69, 9.17) is 14.2 Å². The summed E-state index contributed by atoms with van der Waals surface area (Å²) in [5.41, 5.74) is 3.71. The van der Waals surface area contributed by atoms with Crippen molar-refractivity contribution in [1.29, 1.82) is 0 Å².